The molecule has 2 atom stereocenters. The predicted molar refractivity (Wildman–Crippen MR) is 84.4 cm³/mol. The molecule has 2 aromatic rings. The number of aliphatic hydroxyl groups is 2. The molecule has 2 rings (SSSR count). The van der Waals surface area contributed by atoms with Crippen molar-refractivity contribution in [1.82, 2.24) is 15.0 Å². The van der Waals surface area contributed by atoms with Crippen molar-refractivity contribution in [2.75, 3.05) is 0 Å². The third-order valence-corrected chi connectivity index (χ3v) is 3.32. The van der Waals surface area contributed by atoms with E-state index in [1.54, 1.807) is 17.8 Å². The molecule has 0 fully saturated rings. The van der Waals surface area contributed by atoms with E-state index in [4.69, 9.17) is 5.11 Å². The van der Waals surface area contributed by atoms with E-state index in [-0.39, 0.29) is 6.42 Å². The highest BCUT2D eigenvalue weighted by Gasteiger charge is 2.14. The maximum absolute atomic E-state index is 10.5. The summed E-state index contributed by atoms with van der Waals surface area (Å²) in [6.45, 7) is 0. The van der Waals surface area contributed by atoms with Gasteiger partial charge in [0, 0.05) is 19.0 Å². The monoisotopic (exact) mass is 317 g/mol. The second-order valence-electron chi connectivity index (χ2n) is 5.23. The fourth-order valence-electron chi connectivity index (χ4n) is 2.20. The smallest absolute Gasteiger partial charge is 0.305 e. The number of carboxylic acids is 1. The van der Waals surface area contributed by atoms with E-state index < -0.39 is 24.6 Å². The van der Waals surface area contributed by atoms with Crippen molar-refractivity contribution < 1.29 is 20.1 Å². The lowest BCUT2D eigenvalue weighted by Gasteiger charge is -2.10. The summed E-state index contributed by atoms with van der Waals surface area (Å²) in [7, 11) is 1.74. The van der Waals surface area contributed by atoms with Crippen LogP contribution in [0, 0.1) is 0 Å². The molecule has 7 nitrogen and oxygen atoms in total. The van der Waals surface area contributed by atoms with Crippen LogP contribution in [0.15, 0.2) is 36.4 Å². The van der Waals surface area contributed by atoms with E-state index in [0.29, 0.717) is 11.4 Å². The second kappa shape index (κ2) is 7.66. The molecule has 0 aliphatic carbocycles. The molecular formula is C16H19N3O4. The summed E-state index contributed by atoms with van der Waals surface area (Å²) >= 11 is 0. The third kappa shape index (κ3) is 4.73. The largest absolute Gasteiger partial charge is 0.481 e. The first-order chi connectivity index (χ1) is 11.0. The molecule has 1 aromatic carbocycles. The van der Waals surface area contributed by atoms with E-state index in [1.807, 2.05) is 30.3 Å². The van der Waals surface area contributed by atoms with Gasteiger partial charge in [-0.15, -0.1) is 5.10 Å². The van der Waals surface area contributed by atoms with Crippen molar-refractivity contribution >= 4 is 12.0 Å². The molecule has 2 unspecified atom stereocenters. The summed E-state index contributed by atoms with van der Waals surface area (Å²) in [5.74, 6) is -1.10. The Hall–Kier alpha value is -2.51. The van der Waals surface area contributed by atoms with E-state index >= 15 is 0 Å². The van der Waals surface area contributed by atoms with Gasteiger partial charge in [0.1, 0.15) is 5.69 Å². The van der Waals surface area contributed by atoms with Crippen LogP contribution in [0.25, 0.3) is 17.3 Å². The minimum absolute atomic E-state index is 0.0469. The minimum atomic E-state index is -1.10. The first kappa shape index (κ1) is 16.9. The molecule has 0 amide bonds. The molecule has 3 N–H and O–H groups in total. The van der Waals surface area contributed by atoms with Gasteiger partial charge in [0.05, 0.1) is 24.3 Å². The third-order valence-electron chi connectivity index (χ3n) is 3.32. The molecule has 1 aromatic heterocycles. The summed E-state index contributed by atoms with van der Waals surface area (Å²) < 4.78 is 1.58. The molecular weight excluding hydrogens is 298 g/mol. The summed E-state index contributed by atoms with van der Waals surface area (Å²) in [6.07, 6.45) is 0.673. The normalized spacial score (nSPS) is 14.0. The Morgan fingerprint density at radius 3 is 2.65 bits per heavy atom. The molecule has 0 radical (unpaired) electrons. The summed E-state index contributed by atoms with van der Waals surface area (Å²) in [5, 5.41) is 36.1. The van der Waals surface area contributed by atoms with Gasteiger partial charge in [0.15, 0.2) is 0 Å². The SMILES string of the molecule is Cn1nnc(-c2ccccc2)c1/C=C/C(O)CC(O)CC(=O)O. The number of aliphatic hydroxyl groups excluding tert-OH is 2. The van der Waals surface area contributed by atoms with Crippen molar-refractivity contribution in [1.29, 1.82) is 0 Å². The van der Waals surface area contributed by atoms with Crippen LogP contribution in [-0.2, 0) is 11.8 Å². The van der Waals surface area contributed by atoms with Gasteiger partial charge in [-0.1, -0.05) is 41.6 Å². The highest BCUT2D eigenvalue weighted by atomic mass is 16.4. The number of hydrogen-bond acceptors (Lipinski definition) is 5. The van der Waals surface area contributed by atoms with Gasteiger partial charge in [0.25, 0.3) is 0 Å². The Balaban J connectivity index is 2.11. The van der Waals surface area contributed by atoms with Crippen LogP contribution < -0.4 is 0 Å². The first-order valence-corrected chi connectivity index (χ1v) is 7.18. The highest BCUT2D eigenvalue weighted by Crippen LogP contribution is 2.21. The number of carboxylic acid groups (broad SMARTS) is 1. The second-order valence-corrected chi connectivity index (χ2v) is 5.23. The Kier molecular flexibility index (Phi) is 5.61. The van der Waals surface area contributed by atoms with E-state index in [9.17, 15) is 15.0 Å². The maximum atomic E-state index is 10.5. The van der Waals surface area contributed by atoms with Crippen LogP contribution in [-0.4, -0.2) is 48.5 Å². The van der Waals surface area contributed by atoms with E-state index in [0.717, 1.165) is 5.56 Å². The molecule has 0 saturated carbocycles. The predicted octanol–water partition coefficient (Wildman–Crippen LogP) is 1.08. The molecule has 122 valence electrons. The van der Waals surface area contributed by atoms with Gasteiger partial charge in [-0.3, -0.25) is 4.79 Å². The molecule has 0 aliphatic heterocycles. The number of aliphatic carboxylic acids is 1. The zero-order chi connectivity index (χ0) is 16.8. The number of rotatable bonds is 7. The van der Waals surface area contributed by atoms with Gasteiger partial charge in [0.2, 0.25) is 0 Å². The Morgan fingerprint density at radius 1 is 1.30 bits per heavy atom. The summed E-state index contributed by atoms with van der Waals surface area (Å²) in [4.78, 5) is 10.5. The zero-order valence-electron chi connectivity index (χ0n) is 12.7. The highest BCUT2D eigenvalue weighted by molar-refractivity contribution is 5.69. The fraction of sp³-hybridized carbons (Fsp3) is 0.312. The van der Waals surface area contributed by atoms with Gasteiger partial charge in [-0.25, -0.2) is 4.68 Å². The summed E-state index contributed by atoms with van der Waals surface area (Å²) in [5.41, 5.74) is 2.30. The Morgan fingerprint density at radius 2 is 2.00 bits per heavy atom. The van der Waals surface area contributed by atoms with Crippen molar-refractivity contribution in [2.24, 2.45) is 7.05 Å². The zero-order valence-corrected chi connectivity index (χ0v) is 12.7. The molecule has 0 aliphatic rings. The topological polar surface area (TPSA) is 108 Å². The number of aryl methyl sites for hydroxylation is 1. The minimum Gasteiger partial charge on any atom is -0.481 e. The van der Waals surface area contributed by atoms with Gasteiger partial charge in [-0.2, -0.15) is 0 Å². The average Bonchev–Trinajstić information content (AvgIpc) is 2.86. The number of hydrogen-bond donors (Lipinski definition) is 3. The lowest BCUT2D eigenvalue weighted by Crippen LogP contribution is -2.19. The Labute approximate surface area is 133 Å². The van der Waals surface area contributed by atoms with E-state index in [1.165, 1.54) is 6.08 Å². The summed E-state index contributed by atoms with van der Waals surface area (Å²) in [6, 6.07) is 9.52. The number of aromatic nitrogens is 3. The number of benzene rings is 1. The molecule has 23 heavy (non-hydrogen) atoms. The van der Waals surface area contributed by atoms with Crippen LogP contribution in [0.4, 0.5) is 0 Å². The lowest BCUT2D eigenvalue weighted by molar-refractivity contribution is -0.139. The maximum Gasteiger partial charge on any atom is 0.305 e. The first-order valence-electron chi connectivity index (χ1n) is 7.18. The van der Waals surface area contributed by atoms with E-state index in [2.05, 4.69) is 10.3 Å². The lowest BCUT2D eigenvalue weighted by atomic mass is 10.1. The van der Waals surface area contributed by atoms with Crippen molar-refractivity contribution in [3.8, 4) is 11.3 Å². The van der Waals surface area contributed by atoms with Crippen molar-refractivity contribution in [3.05, 3.63) is 42.1 Å². The van der Waals surface area contributed by atoms with Crippen LogP contribution >= 0.6 is 0 Å². The molecule has 1 heterocycles. The fourth-order valence-corrected chi connectivity index (χ4v) is 2.20. The number of nitrogens with zero attached hydrogens (tertiary/aromatic N) is 3. The molecule has 7 heteroatoms. The molecule has 0 saturated heterocycles. The van der Waals surface area contributed by atoms with Crippen molar-refractivity contribution in [2.45, 2.75) is 25.0 Å². The van der Waals surface area contributed by atoms with Crippen LogP contribution in [0.2, 0.25) is 0 Å². The van der Waals surface area contributed by atoms with Gasteiger partial charge >= 0.3 is 5.97 Å². The number of carbonyl (C=O) groups is 1. The van der Waals surface area contributed by atoms with Gasteiger partial charge in [-0.05, 0) is 6.08 Å². The van der Waals surface area contributed by atoms with Crippen LogP contribution in [0.3, 0.4) is 0 Å². The quantitative estimate of drug-likeness (QED) is 0.705. The Bertz CT molecular complexity index is 682. The van der Waals surface area contributed by atoms with Gasteiger partial charge < -0.3 is 15.3 Å². The van der Waals surface area contributed by atoms with Crippen LogP contribution in [0.1, 0.15) is 18.5 Å². The van der Waals surface area contributed by atoms with Crippen molar-refractivity contribution in [3.63, 3.8) is 0 Å². The standard InChI is InChI=1S/C16H19N3O4/c1-19-14(8-7-12(20)9-13(21)10-15(22)23)16(17-18-19)11-5-3-2-4-6-11/h2-8,12-13,20-21H,9-10H2,1H3,(H,22,23)/b8-7+. The molecule has 0 spiro atoms. The average molecular weight is 317 g/mol. The molecule has 0 bridgehead atoms. The van der Waals surface area contributed by atoms with Crippen LogP contribution in [0.5, 0.6) is 0 Å².